The van der Waals surface area contributed by atoms with Crippen molar-refractivity contribution in [3.8, 4) is 0 Å². The first-order valence-corrected chi connectivity index (χ1v) is 6.16. The summed E-state index contributed by atoms with van der Waals surface area (Å²) in [6, 6.07) is 0.594. The largest absolute Gasteiger partial charge is 0.382 e. The fourth-order valence-corrected chi connectivity index (χ4v) is 3.11. The zero-order valence-corrected chi connectivity index (χ0v) is 9.82. The van der Waals surface area contributed by atoms with E-state index < -0.39 is 0 Å². The Morgan fingerprint density at radius 2 is 2.00 bits per heavy atom. The molecule has 16 heavy (non-hydrogen) atoms. The summed E-state index contributed by atoms with van der Waals surface area (Å²) in [5.41, 5.74) is 5.72. The van der Waals surface area contributed by atoms with Crippen molar-refractivity contribution < 1.29 is 0 Å². The van der Waals surface area contributed by atoms with Crippen LogP contribution in [-0.2, 0) is 0 Å². The molecule has 3 fully saturated rings. The van der Waals surface area contributed by atoms with E-state index in [2.05, 4.69) is 14.9 Å². The molecule has 3 aliphatic rings. The predicted octanol–water partition coefficient (Wildman–Crippen LogP) is 2.09. The zero-order chi connectivity index (χ0) is 11.1. The Bertz CT molecular complexity index is 401. The lowest BCUT2D eigenvalue weighted by Crippen LogP contribution is -2.48. The first-order chi connectivity index (χ1) is 7.75. The molecule has 0 unspecified atom stereocenters. The highest BCUT2D eigenvalue weighted by molar-refractivity contribution is 6.35. The summed E-state index contributed by atoms with van der Waals surface area (Å²) < 4.78 is 0. The van der Waals surface area contributed by atoms with Crippen molar-refractivity contribution in [1.82, 2.24) is 9.97 Å². The fraction of sp³-hybridized carbons (Fsp3) is 0.636. The quantitative estimate of drug-likeness (QED) is 0.814. The summed E-state index contributed by atoms with van der Waals surface area (Å²) in [4.78, 5) is 10.5. The normalized spacial score (nSPS) is 28.4. The maximum atomic E-state index is 6.17. The third-order valence-electron chi connectivity index (χ3n) is 3.78. The van der Waals surface area contributed by atoms with Crippen LogP contribution in [0.4, 0.5) is 11.6 Å². The van der Waals surface area contributed by atoms with Crippen LogP contribution in [0.1, 0.15) is 25.7 Å². The molecule has 4 nitrogen and oxygen atoms in total. The Balaban J connectivity index is 1.95. The SMILES string of the molecule is Nc1ncnc(N2CC3CCC2CC3)c1Cl. The number of halogens is 1. The van der Waals surface area contributed by atoms with Gasteiger partial charge in [0, 0.05) is 12.6 Å². The van der Waals surface area contributed by atoms with Crippen LogP contribution in [0.5, 0.6) is 0 Å². The molecule has 0 spiro atoms. The zero-order valence-electron chi connectivity index (χ0n) is 9.06. The van der Waals surface area contributed by atoms with E-state index >= 15 is 0 Å². The molecule has 1 aromatic heterocycles. The Morgan fingerprint density at radius 3 is 2.62 bits per heavy atom. The summed E-state index contributed by atoms with van der Waals surface area (Å²) in [6.45, 7) is 1.07. The molecule has 2 saturated heterocycles. The van der Waals surface area contributed by atoms with Crippen molar-refractivity contribution in [3.05, 3.63) is 11.3 Å². The lowest BCUT2D eigenvalue weighted by Gasteiger charge is -2.46. The second-order valence-corrected chi connectivity index (χ2v) is 5.10. The Labute approximate surface area is 99.8 Å². The van der Waals surface area contributed by atoms with Crippen LogP contribution in [0.25, 0.3) is 0 Å². The molecule has 0 atom stereocenters. The molecule has 3 heterocycles. The second-order valence-electron chi connectivity index (χ2n) is 4.72. The highest BCUT2D eigenvalue weighted by Gasteiger charge is 2.35. The molecule has 5 heteroatoms. The number of nitrogens with zero attached hydrogens (tertiary/aromatic N) is 3. The van der Waals surface area contributed by atoms with E-state index in [9.17, 15) is 0 Å². The number of anilines is 2. The predicted molar refractivity (Wildman–Crippen MR) is 64.5 cm³/mol. The monoisotopic (exact) mass is 238 g/mol. The summed E-state index contributed by atoms with van der Waals surface area (Å²) in [6.07, 6.45) is 6.70. The molecule has 2 bridgehead atoms. The van der Waals surface area contributed by atoms with Gasteiger partial charge in [-0.25, -0.2) is 9.97 Å². The first-order valence-electron chi connectivity index (χ1n) is 5.78. The van der Waals surface area contributed by atoms with Gasteiger partial charge < -0.3 is 10.6 Å². The molecule has 1 aliphatic carbocycles. The smallest absolute Gasteiger partial charge is 0.153 e. The van der Waals surface area contributed by atoms with E-state index in [4.69, 9.17) is 17.3 Å². The van der Waals surface area contributed by atoms with Crippen LogP contribution in [0, 0.1) is 5.92 Å². The molecule has 0 amide bonds. The van der Waals surface area contributed by atoms with Gasteiger partial charge in [0.05, 0.1) is 0 Å². The van der Waals surface area contributed by atoms with E-state index in [0.29, 0.717) is 16.9 Å². The van der Waals surface area contributed by atoms with Crippen molar-refractivity contribution >= 4 is 23.2 Å². The standard InChI is InChI=1S/C11H15ClN4/c12-9-10(13)14-6-15-11(9)16-5-7-1-3-8(16)4-2-7/h6-8H,1-5H2,(H2,13,14,15). The minimum atomic E-state index is 0.383. The fourth-order valence-electron chi connectivity index (χ4n) is 2.90. The van der Waals surface area contributed by atoms with Crippen LogP contribution < -0.4 is 10.6 Å². The summed E-state index contributed by atoms with van der Waals surface area (Å²) in [7, 11) is 0. The van der Waals surface area contributed by atoms with Crippen LogP contribution in [-0.4, -0.2) is 22.6 Å². The van der Waals surface area contributed by atoms with Gasteiger partial charge >= 0.3 is 0 Å². The van der Waals surface area contributed by atoms with Gasteiger partial charge in [0.25, 0.3) is 0 Å². The number of fused-ring (bicyclic) bond motifs is 3. The molecular weight excluding hydrogens is 224 g/mol. The van der Waals surface area contributed by atoms with Crippen molar-refractivity contribution in [2.24, 2.45) is 5.92 Å². The van der Waals surface area contributed by atoms with Gasteiger partial charge in [-0.1, -0.05) is 11.6 Å². The third kappa shape index (κ3) is 1.52. The van der Waals surface area contributed by atoms with Crippen LogP contribution >= 0.6 is 11.6 Å². The van der Waals surface area contributed by atoms with Crippen LogP contribution in [0.2, 0.25) is 5.02 Å². The van der Waals surface area contributed by atoms with Crippen molar-refractivity contribution in [2.75, 3.05) is 17.2 Å². The molecular formula is C11H15ClN4. The maximum absolute atomic E-state index is 6.17. The average molecular weight is 239 g/mol. The minimum absolute atomic E-state index is 0.383. The van der Waals surface area contributed by atoms with E-state index in [1.54, 1.807) is 0 Å². The molecule has 1 aromatic rings. The lowest BCUT2D eigenvalue weighted by molar-refractivity contribution is 0.251. The van der Waals surface area contributed by atoms with Gasteiger partial charge in [-0.05, 0) is 31.6 Å². The highest BCUT2D eigenvalue weighted by atomic mass is 35.5. The number of nitrogens with two attached hydrogens (primary N) is 1. The number of piperidine rings is 2. The molecule has 2 aliphatic heterocycles. The number of rotatable bonds is 1. The highest BCUT2D eigenvalue weighted by Crippen LogP contribution is 2.39. The van der Waals surface area contributed by atoms with Crippen LogP contribution in [0.3, 0.4) is 0 Å². The molecule has 86 valence electrons. The van der Waals surface area contributed by atoms with E-state index in [1.165, 1.54) is 32.0 Å². The van der Waals surface area contributed by atoms with Crippen molar-refractivity contribution in [1.29, 1.82) is 0 Å². The maximum Gasteiger partial charge on any atom is 0.153 e. The van der Waals surface area contributed by atoms with Gasteiger partial charge in [0.1, 0.15) is 17.2 Å². The molecule has 0 aromatic carbocycles. The van der Waals surface area contributed by atoms with Gasteiger partial charge in [0.15, 0.2) is 5.82 Å². The lowest BCUT2D eigenvalue weighted by atomic mass is 9.80. The van der Waals surface area contributed by atoms with Crippen LogP contribution in [0.15, 0.2) is 6.33 Å². The second kappa shape index (κ2) is 3.77. The summed E-state index contributed by atoms with van der Waals surface area (Å²) in [5.74, 6) is 2.01. The summed E-state index contributed by atoms with van der Waals surface area (Å²) in [5, 5.41) is 0.509. The van der Waals surface area contributed by atoms with Gasteiger partial charge in [-0.3, -0.25) is 0 Å². The Kier molecular flexibility index (Phi) is 2.39. The summed E-state index contributed by atoms with van der Waals surface area (Å²) >= 11 is 6.17. The van der Waals surface area contributed by atoms with Gasteiger partial charge in [0.2, 0.25) is 0 Å². The van der Waals surface area contributed by atoms with Crippen molar-refractivity contribution in [3.63, 3.8) is 0 Å². The van der Waals surface area contributed by atoms with Crippen molar-refractivity contribution in [2.45, 2.75) is 31.7 Å². The Hall–Kier alpha value is -1.03. The minimum Gasteiger partial charge on any atom is -0.382 e. The number of hydrogen-bond acceptors (Lipinski definition) is 4. The number of aromatic nitrogens is 2. The number of hydrogen-bond donors (Lipinski definition) is 1. The van der Waals surface area contributed by atoms with E-state index in [-0.39, 0.29) is 0 Å². The number of nitrogen functional groups attached to an aromatic ring is 1. The average Bonchev–Trinajstić information content (AvgIpc) is 2.34. The third-order valence-corrected chi connectivity index (χ3v) is 4.14. The molecule has 0 radical (unpaired) electrons. The first kappa shape index (κ1) is 10.1. The topological polar surface area (TPSA) is 55.0 Å². The molecule has 2 N–H and O–H groups in total. The van der Waals surface area contributed by atoms with E-state index in [0.717, 1.165) is 18.3 Å². The Morgan fingerprint density at radius 1 is 1.25 bits per heavy atom. The van der Waals surface area contributed by atoms with Gasteiger partial charge in [-0.2, -0.15) is 0 Å². The van der Waals surface area contributed by atoms with E-state index in [1.807, 2.05) is 0 Å². The molecule has 1 saturated carbocycles. The molecule has 4 rings (SSSR count). The van der Waals surface area contributed by atoms with Gasteiger partial charge in [-0.15, -0.1) is 0 Å².